The molecule has 0 aliphatic heterocycles. The summed E-state index contributed by atoms with van der Waals surface area (Å²) in [5.41, 5.74) is 32.2. The first-order valence-electron chi connectivity index (χ1n) is 9.25. The van der Waals surface area contributed by atoms with Gasteiger partial charge >= 0.3 is 0 Å². The lowest BCUT2D eigenvalue weighted by Crippen LogP contribution is -2.04. The van der Waals surface area contributed by atoms with Gasteiger partial charge in [-0.1, -0.05) is 38.1 Å². The van der Waals surface area contributed by atoms with E-state index in [1.807, 2.05) is 54.6 Å². The Hall–Kier alpha value is -3.14. The van der Waals surface area contributed by atoms with Crippen molar-refractivity contribution in [2.45, 2.75) is 33.6 Å². The lowest BCUT2D eigenvalue weighted by Gasteiger charge is -2.14. The van der Waals surface area contributed by atoms with E-state index in [9.17, 15) is 0 Å². The molecule has 0 fully saturated rings. The van der Waals surface area contributed by atoms with E-state index in [0.29, 0.717) is 0 Å². The van der Waals surface area contributed by atoms with E-state index in [2.05, 4.69) is 20.8 Å². The monoisotopic (exact) mass is 362 g/mol. The number of nitrogen functional groups attached to an aromatic ring is 4. The molecule has 3 aromatic rings. The minimum absolute atomic E-state index is 0.782. The number of hydrogen-bond acceptors (Lipinski definition) is 4. The number of nitrogens with two attached hydrogens (primary N) is 4. The van der Waals surface area contributed by atoms with Gasteiger partial charge in [-0.25, -0.2) is 0 Å². The molecule has 0 aromatic heterocycles. The number of hydrogen-bond donors (Lipinski definition) is 4. The van der Waals surface area contributed by atoms with Crippen molar-refractivity contribution in [2.75, 3.05) is 22.9 Å². The molecule has 0 saturated carbocycles. The molecule has 0 unspecified atom stereocenters. The van der Waals surface area contributed by atoms with E-state index in [-0.39, 0.29) is 0 Å². The molecule has 4 nitrogen and oxygen atoms in total. The van der Waals surface area contributed by atoms with Gasteiger partial charge in [0.15, 0.2) is 0 Å². The molecule has 0 amide bonds. The normalized spacial score (nSPS) is 10.2. The van der Waals surface area contributed by atoms with Gasteiger partial charge in [0.2, 0.25) is 0 Å². The fourth-order valence-electron chi connectivity index (χ4n) is 3.25. The highest BCUT2D eigenvalue weighted by molar-refractivity contribution is 5.67. The van der Waals surface area contributed by atoms with Crippen molar-refractivity contribution in [1.29, 1.82) is 0 Å². The van der Waals surface area contributed by atoms with Gasteiger partial charge in [0, 0.05) is 22.7 Å². The molecule has 142 valence electrons. The largest absolute Gasteiger partial charge is 0.399 e. The molecule has 0 saturated heterocycles. The molecular weight excluding hydrogens is 332 g/mol. The first kappa shape index (κ1) is 20.2. The highest BCUT2D eigenvalue weighted by Gasteiger charge is 2.08. The Morgan fingerprint density at radius 3 is 1.22 bits per heavy atom. The summed E-state index contributed by atoms with van der Waals surface area (Å²) in [5.74, 6) is 0. The first-order valence-corrected chi connectivity index (χ1v) is 9.25. The zero-order chi connectivity index (χ0) is 20.0. The standard InChI is InChI=1S/C12H12N2.C11H18N2/c13-11-5-1-9(2-6-11)10-3-7-12(14)8-4-10;1-4-8-7(3)9(5-2)11(13)6-10(8)12/h1-8H,13-14H2;6H,4-5,12-13H2,1-3H3. The van der Waals surface area contributed by atoms with E-state index in [1.165, 1.54) is 16.7 Å². The Morgan fingerprint density at radius 2 is 0.926 bits per heavy atom. The van der Waals surface area contributed by atoms with Crippen LogP contribution in [0.5, 0.6) is 0 Å². The molecule has 0 bridgehead atoms. The summed E-state index contributed by atoms with van der Waals surface area (Å²) in [6.07, 6.45) is 1.95. The topological polar surface area (TPSA) is 104 Å². The van der Waals surface area contributed by atoms with Gasteiger partial charge in [-0.3, -0.25) is 0 Å². The number of anilines is 4. The Balaban J connectivity index is 0.000000194. The highest BCUT2D eigenvalue weighted by Crippen LogP contribution is 2.27. The van der Waals surface area contributed by atoms with Gasteiger partial charge in [0.25, 0.3) is 0 Å². The van der Waals surface area contributed by atoms with Gasteiger partial charge in [0.1, 0.15) is 0 Å². The molecule has 27 heavy (non-hydrogen) atoms. The average Bonchev–Trinajstić information content (AvgIpc) is 2.64. The molecule has 4 heteroatoms. The van der Waals surface area contributed by atoms with Crippen molar-refractivity contribution in [3.8, 4) is 11.1 Å². The minimum atomic E-state index is 0.782. The second-order valence-electron chi connectivity index (χ2n) is 6.59. The molecule has 0 radical (unpaired) electrons. The molecule has 0 spiro atoms. The maximum Gasteiger partial charge on any atom is 0.0369 e. The van der Waals surface area contributed by atoms with Crippen LogP contribution in [0, 0.1) is 6.92 Å². The summed E-state index contributed by atoms with van der Waals surface area (Å²) in [5, 5.41) is 0. The van der Waals surface area contributed by atoms with Gasteiger partial charge < -0.3 is 22.9 Å². The smallest absolute Gasteiger partial charge is 0.0369 e. The average molecular weight is 363 g/mol. The number of rotatable bonds is 3. The molecule has 3 rings (SSSR count). The summed E-state index contributed by atoms with van der Waals surface area (Å²) < 4.78 is 0. The summed E-state index contributed by atoms with van der Waals surface area (Å²) in [6, 6.07) is 17.5. The summed E-state index contributed by atoms with van der Waals surface area (Å²) in [7, 11) is 0. The van der Waals surface area contributed by atoms with Crippen LogP contribution in [0.25, 0.3) is 11.1 Å². The summed E-state index contributed by atoms with van der Waals surface area (Å²) in [4.78, 5) is 0. The van der Waals surface area contributed by atoms with Crippen LogP contribution in [-0.4, -0.2) is 0 Å². The van der Waals surface area contributed by atoms with E-state index < -0.39 is 0 Å². The fraction of sp³-hybridized carbons (Fsp3) is 0.217. The van der Waals surface area contributed by atoms with Gasteiger partial charge in [-0.15, -0.1) is 0 Å². The van der Waals surface area contributed by atoms with Crippen LogP contribution in [0.4, 0.5) is 22.7 Å². The Labute approximate surface area is 162 Å². The zero-order valence-corrected chi connectivity index (χ0v) is 16.4. The first-order chi connectivity index (χ1) is 12.9. The highest BCUT2D eigenvalue weighted by atomic mass is 14.6. The Kier molecular flexibility index (Phi) is 6.72. The van der Waals surface area contributed by atoms with Crippen molar-refractivity contribution in [3.63, 3.8) is 0 Å². The Bertz CT molecular complexity index is 810. The molecule has 3 aromatic carbocycles. The summed E-state index contributed by atoms with van der Waals surface area (Å²) in [6.45, 7) is 6.34. The molecule has 0 aliphatic rings. The number of benzene rings is 3. The third-order valence-corrected chi connectivity index (χ3v) is 4.78. The third kappa shape index (κ3) is 4.94. The minimum Gasteiger partial charge on any atom is -0.399 e. The lowest BCUT2D eigenvalue weighted by molar-refractivity contribution is 1.05. The van der Waals surface area contributed by atoms with E-state index in [1.54, 1.807) is 0 Å². The SMILES string of the molecule is CCc1c(N)cc(N)c(CC)c1C.Nc1ccc(-c2ccc(N)cc2)cc1. The predicted molar refractivity (Wildman–Crippen MR) is 119 cm³/mol. The van der Waals surface area contributed by atoms with Gasteiger partial charge in [0.05, 0.1) is 0 Å². The zero-order valence-electron chi connectivity index (χ0n) is 16.4. The predicted octanol–water partition coefficient (Wildman–Crippen LogP) is 4.80. The molecule has 0 atom stereocenters. The van der Waals surface area contributed by atoms with Crippen LogP contribution in [0.1, 0.15) is 30.5 Å². The van der Waals surface area contributed by atoms with Crippen LogP contribution in [0.2, 0.25) is 0 Å². The summed E-state index contributed by atoms with van der Waals surface area (Å²) >= 11 is 0. The van der Waals surface area contributed by atoms with Crippen molar-refractivity contribution in [1.82, 2.24) is 0 Å². The van der Waals surface area contributed by atoms with Crippen molar-refractivity contribution in [2.24, 2.45) is 0 Å². The molecular formula is C23H30N4. The molecule has 0 heterocycles. The Morgan fingerprint density at radius 1 is 0.593 bits per heavy atom. The van der Waals surface area contributed by atoms with E-state index in [4.69, 9.17) is 22.9 Å². The maximum atomic E-state index is 5.88. The second-order valence-corrected chi connectivity index (χ2v) is 6.59. The fourth-order valence-corrected chi connectivity index (χ4v) is 3.25. The van der Waals surface area contributed by atoms with Crippen LogP contribution < -0.4 is 22.9 Å². The van der Waals surface area contributed by atoms with Gasteiger partial charge in [-0.05, 0) is 77.9 Å². The molecule has 0 aliphatic carbocycles. The second kappa shape index (κ2) is 8.99. The van der Waals surface area contributed by atoms with Crippen molar-refractivity contribution in [3.05, 3.63) is 71.3 Å². The quantitative estimate of drug-likeness (QED) is 0.502. The third-order valence-electron chi connectivity index (χ3n) is 4.78. The van der Waals surface area contributed by atoms with Crippen LogP contribution in [0.3, 0.4) is 0 Å². The molecule has 8 N–H and O–H groups in total. The van der Waals surface area contributed by atoms with Gasteiger partial charge in [-0.2, -0.15) is 0 Å². The van der Waals surface area contributed by atoms with E-state index in [0.717, 1.165) is 46.7 Å². The lowest BCUT2D eigenvalue weighted by atomic mass is 9.95. The van der Waals surface area contributed by atoms with Crippen LogP contribution in [0.15, 0.2) is 54.6 Å². The van der Waals surface area contributed by atoms with Crippen molar-refractivity contribution < 1.29 is 0 Å². The van der Waals surface area contributed by atoms with Crippen molar-refractivity contribution >= 4 is 22.7 Å². The maximum absolute atomic E-state index is 5.88. The van der Waals surface area contributed by atoms with Crippen LogP contribution in [-0.2, 0) is 12.8 Å². The van der Waals surface area contributed by atoms with Crippen LogP contribution >= 0.6 is 0 Å². The van der Waals surface area contributed by atoms with E-state index >= 15 is 0 Å².